The number of hydrogen-bond donors (Lipinski definition) is 4. The Morgan fingerprint density at radius 1 is 1.53 bits per heavy atom. The highest BCUT2D eigenvalue weighted by atomic mass is 16.1. The molecule has 1 aromatic rings. The van der Waals surface area contributed by atoms with E-state index in [0.717, 1.165) is 31.4 Å². The standard InChI is InChI=1S/C11H21N5O/c12-5-2-1-3-10(11(13)17)15-6-4-9-7-14-8-16-9/h7-8,10,15H,1-6,12H2,(H2,13,17)(H,14,16). The van der Waals surface area contributed by atoms with Gasteiger partial charge in [-0.1, -0.05) is 6.42 Å². The van der Waals surface area contributed by atoms with Gasteiger partial charge in [0.2, 0.25) is 5.91 Å². The van der Waals surface area contributed by atoms with Crippen LogP contribution >= 0.6 is 0 Å². The zero-order valence-electron chi connectivity index (χ0n) is 9.98. The molecule has 96 valence electrons. The number of carbonyl (C=O) groups is 1. The van der Waals surface area contributed by atoms with Crippen molar-refractivity contribution in [3.63, 3.8) is 0 Å². The van der Waals surface area contributed by atoms with Crippen LogP contribution in [-0.2, 0) is 11.2 Å². The summed E-state index contributed by atoms with van der Waals surface area (Å²) in [6.07, 6.45) is 6.81. The Morgan fingerprint density at radius 3 is 2.94 bits per heavy atom. The molecule has 0 bridgehead atoms. The van der Waals surface area contributed by atoms with Crippen LogP contribution in [0.1, 0.15) is 25.0 Å². The van der Waals surface area contributed by atoms with Gasteiger partial charge in [-0.25, -0.2) is 4.98 Å². The Balaban J connectivity index is 2.22. The first-order valence-electron chi connectivity index (χ1n) is 5.94. The topological polar surface area (TPSA) is 110 Å². The molecule has 6 N–H and O–H groups in total. The first kappa shape index (κ1) is 13.7. The van der Waals surface area contributed by atoms with Crippen LogP contribution in [0.2, 0.25) is 0 Å². The highest BCUT2D eigenvalue weighted by molar-refractivity contribution is 5.79. The number of hydrogen-bond acceptors (Lipinski definition) is 4. The van der Waals surface area contributed by atoms with Crippen LogP contribution in [0.4, 0.5) is 0 Å². The van der Waals surface area contributed by atoms with Gasteiger partial charge in [-0.05, 0) is 19.4 Å². The summed E-state index contributed by atoms with van der Waals surface area (Å²) in [5.74, 6) is -0.299. The number of aromatic amines is 1. The summed E-state index contributed by atoms with van der Waals surface area (Å²) in [6.45, 7) is 1.36. The van der Waals surface area contributed by atoms with Crippen molar-refractivity contribution < 1.29 is 4.79 Å². The molecule has 0 aliphatic rings. The van der Waals surface area contributed by atoms with E-state index in [1.807, 2.05) is 0 Å². The van der Waals surface area contributed by atoms with Gasteiger partial charge in [0.1, 0.15) is 0 Å². The van der Waals surface area contributed by atoms with E-state index in [4.69, 9.17) is 11.5 Å². The maximum Gasteiger partial charge on any atom is 0.234 e. The number of imidazole rings is 1. The van der Waals surface area contributed by atoms with Gasteiger partial charge in [0, 0.05) is 24.9 Å². The minimum atomic E-state index is -0.299. The first-order chi connectivity index (χ1) is 8.24. The fraction of sp³-hybridized carbons (Fsp3) is 0.636. The van der Waals surface area contributed by atoms with E-state index in [1.165, 1.54) is 0 Å². The maximum atomic E-state index is 11.2. The number of aromatic nitrogens is 2. The molecule has 0 saturated carbocycles. The van der Waals surface area contributed by atoms with Crippen LogP contribution in [0.3, 0.4) is 0 Å². The minimum Gasteiger partial charge on any atom is -0.368 e. The smallest absolute Gasteiger partial charge is 0.234 e. The molecule has 1 rings (SSSR count). The van der Waals surface area contributed by atoms with Gasteiger partial charge < -0.3 is 21.8 Å². The lowest BCUT2D eigenvalue weighted by atomic mass is 10.1. The molecular formula is C11H21N5O. The van der Waals surface area contributed by atoms with Crippen molar-refractivity contribution in [1.29, 1.82) is 0 Å². The van der Waals surface area contributed by atoms with Crippen LogP contribution < -0.4 is 16.8 Å². The highest BCUT2D eigenvalue weighted by Gasteiger charge is 2.13. The number of nitrogens with one attached hydrogen (secondary N) is 2. The molecule has 1 amide bonds. The molecule has 6 heteroatoms. The third-order valence-electron chi connectivity index (χ3n) is 2.63. The van der Waals surface area contributed by atoms with Gasteiger partial charge in [-0.3, -0.25) is 4.79 Å². The number of primary amides is 1. The van der Waals surface area contributed by atoms with Gasteiger partial charge in [-0.2, -0.15) is 0 Å². The van der Waals surface area contributed by atoms with Crippen LogP contribution in [0, 0.1) is 0 Å². The Hall–Kier alpha value is -1.40. The lowest BCUT2D eigenvalue weighted by Crippen LogP contribution is -2.42. The SMILES string of the molecule is NCCCCC(NCCc1cnc[nH]1)C(N)=O. The first-order valence-corrected chi connectivity index (χ1v) is 5.94. The maximum absolute atomic E-state index is 11.2. The number of unbranched alkanes of at least 4 members (excludes halogenated alkanes) is 1. The molecule has 1 heterocycles. The highest BCUT2D eigenvalue weighted by Crippen LogP contribution is 2.00. The molecule has 1 atom stereocenters. The van der Waals surface area contributed by atoms with E-state index in [1.54, 1.807) is 12.5 Å². The fourth-order valence-corrected chi connectivity index (χ4v) is 1.64. The van der Waals surface area contributed by atoms with Crippen molar-refractivity contribution >= 4 is 5.91 Å². The van der Waals surface area contributed by atoms with E-state index in [9.17, 15) is 4.79 Å². The molecule has 1 unspecified atom stereocenters. The molecule has 0 radical (unpaired) electrons. The van der Waals surface area contributed by atoms with Crippen LogP contribution in [0.25, 0.3) is 0 Å². The fourth-order valence-electron chi connectivity index (χ4n) is 1.64. The minimum absolute atomic E-state index is 0.260. The lowest BCUT2D eigenvalue weighted by Gasteiger charge is -2.14. The second-order valence-corrected chi connectivity index (χ2v) is 4.02. The van der Waals surface area contributed by atoms with E-state index < -0.39 is 0 Å². The summed E-state index contributed by atoms with van der Waals surface area (Å²) < 4.78 is 0. The van der Waals surface area contributed by atoms with Gasteiger partial charge in [0.05, 0.1) is 12.4 Å². The van der Waals surface area contributed by atoms with Gasteiger partial charge in [-0.15, -0.1) is 0 Å². The molecule has 0 aromatic carbocycles. The van der Waals surface area contributed by atoms with Crippen molar-refractivity contribution in [2.75, 3.05) is 13.1 Å². The predicted molar refractivity (Wildman–Crippen MR) is 66.2 cm³/mol. The van der Waals surface area contributed by atoms with Gasteiger partial charge in [0.25, 0.3) is 0 Å². The second-order valence-electron chi connectivity index (χ2n) is 4.02. The number of H-pyrrole nitrogens is 1. The number of amides is 1. The second kappa shape index (κ2) is 7.81. The van der Waals surface area contributed by atoms with Gasteiger partial charge in [0.15, 0.2) is 0 Å². The third-order valence-corrected chi connectivity index (χ3v) is 2.63. The molecular weight excluding hydrogens is 218 g/mol. The van der Waals surface area contributed by atoms with E-state index >= 15 is 0 Å². The van der Waals surface area contributed by atoms with Crippen LogP contribution in [0.15, 0.2) is 12.5 Å². The van der Waals surface area contributed by atoms with Crippen LogP contribution in [-0.4, -0.2) is 35.0 Å². The quantitative estimate of drug-likeness (QED) is 0.436. The number of nitrogens with two attached hydrogens (primary N) is 2. The summed E-state index contributed by atoms with van der Waals surface area (Å²) in [7, 11) is 0. The Bertz CT molecular complexity index is 312. The third kappa shape index (κ3) is 5.46. The average Bonchev–Trinajstić information content (AvgIpc) is 2.80. The normalized spacial score (nSPS) is 12.5. The Morgan fingerprint density at radius 2 is 2.35 bits per heavy atom. The molecule has 17 heavy (non-hydrogen) atoms. The van der Waals surface area contributed by atoms with Crippen molar-refractivity contribution in [3.8, 4) is 0 Å². The molecule has 0 fully saturated rings. The number of rotatable bonds is 9. The van der Waals surface area contributed by atoms with Crippen molar-refractivity contribution in [3.05, 3.63) is 18.2 Å². The van der Waals surface area contributed by atoms with Crippen LogP contribution in [0.5, 0.6) is 0 Å². The van der Waals surface area contributed by atoms with Crippen molar-refractivity contribution in [2.24, 2.45) is 11.5 Å². The summed E-state index contributed by atoms with van der Waals surface area (Å²) in [5.41, 5.74) is 11.8. The molecule has 0 aliphatic heterocycles. The van der Waals surface area contributed by atoms with E-state index in [2.05, 4.69) is 15.3 Å². The van der Waals surface area contributed by atoms with Gasteiger partial charge >= 0.3 is 0 Å². The molecule has 0 spiro atoms. The molecule has 0 aliphatic carbocycles. The van der Waals surface area contributed by atoms with E-state index in [0.29, 0.717) is 13.1 Å². The number of nitrogens with zero attached hydrogens (tertiary/aromatic N) is 1. The zero-order chi connectivity index (χ0) is 12.5. The summed E-state index contributed by atoms with van der Waals surface area (Å²) in [5, 5.41) is 3.15. The van der Waals surface area contributed by atoms with Crippen molar-refractivity contribution in [1.82, 2.24) is 15.3 Å². The predicted octanol–water partition coefficient (Wildman–Crippen LogP) is -0.475. The largest absolute Gasteiger partial charge is 0.368 e. The zero-order valence-corrected chi connectivity index (χ0v) is 9.98. The lowest BCUT2D eigenvalue weighted by molar-refractivity contribution is -0.120. The summed E-state index contributed by atoms with van der Waals surface area (Å²) in [4.78, 5) is 18.1. The monoisotopic (exact) mass is 239 g/mol. The molecule has 6 nitrogen and oxygen atoms in total. The summed E-state index contributed by atoms with van der Waals surface area (Å²) in [6, 6.07) is -0.260. The number of carbonyl (C=O) groups excluding carboxylic acids is 1. The summed E-state index contributed by atoms with van der Waals surface area (Å²) >= 11 is 0. The van der Waals surface area contributed by atoms with Crippen molar-refractivity contribution in [2.45, 2.75) is 31.7 Å². The van der Waals surface area contributed by atoms with E-state index in [-0.39, 0.29) is 11.9 Å². The molecule has 0 saturated heterocycles. The Kier molecular flexibility index (Phi) is 6.27. The average molecular weight is 239 g/mol. The molecule has 1 aromatic heterocycles. The Labute approximate surface area is 101 Å².